The number of aliphatic hydroxyl groups excluding tert-OH is 2. The van der Waals surface area contributed by atoms with Crippen molar-refractivity contribution in [3.63, 3.8) is 0 Å². The summed E-state index contributed by atoms with van der Waals surface area (Å²) in [5, 5.41) is 39.8. The van der Waals surface area contributed by atoms with Gasteiger partial charge in [-0.25, -0.2) is 4.68 Å². The van der Waals surface area contributed by atoms with E-state index < -0.39 is 30.2 Å². The summed E-state index contributed by atoms with van der Waals surface area (Å²) >= 11 is 0. The lowest BCUT2D eigenvalue weighted by atomic mass is 9.82. The number of nitriles is 1. The molecule has 9 atom stereocenters. The van der Waals surface area contributed by atoms with Crippen LogP contribution in [0.1, 0.15) is 84.8 Å². The second kappa shape index (κ2) is 17.3. The molecular formula is C36H49N5O6. The van der Waals surface area contributed by atoms with Crippen LogP contribution in [-0.4, -0.2) is 60.4 Å². The van der Waals surface area contributed by atoms with Crippen LogP contribution in [0.2, 0.25) is 0 Å². The molecule has 1 fully saturated rings. The van der Waals surface area contributed by atoms with Crippen molar-refractivity contribution in [2.75, 3.05) is 0 Å². The van der Waals surface area contributed by atoms with Crippen LogP contribution in [0.5, 0.6) is 0 Å². The Morgan fingerprint density at radius 3 is 2.62 bits per heavy atom. The fourth-order valence-electron chi connectivity index (χ4n) is 7.19. The number of allylic oxidation sites excluding steroid dienone is 2. The number of aliphatic hydroxyl groups is 2. The van der Waals surface area contributed by atoms with E-state index in [0.717, 1.165) is 31.4 Å². The van der Waals surface area contributed by atoms with Gasteiger partial charge < -0.3 is 19.7 Å². The van der Waals surface area contributed by atoms with Crippen LogP contribution in [0.3, 0.4) is 0 Å². The standard InChI is InChI=1S/C36H49N5O6/c1-23-15-24(2)17-26(4)35(44)27(19-37)9-5-6-13-33(47-34(43)18-32(42)25(3)16-23)30-11-7-12-31(30)36(45)46-22-28-21-41(40-39-28)29-10-8-14-38-20-29/h5-6,8-10,14,20-21,23-26,30-33,35,42,44H,7,11-13,15-18,22H2,1-4H3/b6-5+,27-9-/t23-,24+,25-,26-,30+,31+,32-,33-,35+/m0/s1. The van der Waals surface area contributed by atoms with Gasteiger partial charge in [0.15, 0.2) is 0 Å². The lowest BCUT2D eigenvalue weighted by Gasteiger charge is -2.29. The Morgan fingerprint density at radius 1 is 1.13 bits per heavy atom. The first-order valence-electron chi connectivity index (χ1n) is 16.9. The van der Waals surface area contributed by atoms with E-state index in [0.29, 0.717) is 36.8 Å². The average Bonchev–Trinajstić information content (AvgIpc) is 3.73. The highest BCUT2D eigenvalue weighted by molar-refractivity contribution is 5.74. The lowest BCUT2D eigenvalue weighted by Crippen LogP contribution is -2.34. The van der Waals surface area contributed by atoms with Crippen LogP contribution in [0, 0.1) is 46.8 Å². The number of cyclic esters (lactones) is 1. The van der Waals surface area contributed by atoms with E-state index in [9.17, 15) is 25.1 Å². The summed E-state index contributed by atoms with van der Waals surface area (Å²) in [7, 11) is 0. The number of carbonyl (C=O) groups is 2. The molecule has 254 valence electrons. The van der Waals surface area contributed by atoms with Gasteiger partial charge in [-0.05, 0) is 74.0 Å². The summed E-state index contributed by atoms with van der Waals surface area (Å²) in [6.07, 6.45) is 12.4. The molecule has 47 heavy (non-hydrogen) atoms. The Labute approximate surface area is 277 Å². The summed E-state index contributed by atoms with van der Waals surface area (Å²) < 4.78 is 13.2. The molecule has 2 aromatic rings. The molecule has 3 heterocycles. The van der Waals surface area contributed by atoms with Gasteiger partial charge in [0.2, 0.25) is 0 Å². The molecule has 0 aromatic carbocycles. The van der Waals surface area contributed by atoms with E-state index in [1.807, 2.05) is 19.9 Å². The van der Waals surface area contributed by atoms with Crippen molar-refractivity contribution >= 4 is 11.9 Å². The van der Waals surface area contributed by atoms with Crippen LogP contribution in [0.4, 0.5) is 0 Å². The highest BCUT2D eigenvalue weighted by Crippen LogP contribution is 2.38. The Morgan fingerprint density at radius 2 is 1.89 bits per heavy atom. The Hall–Kier alpha value is -3.88. The predicted octanol–water partition coefficient (Wildman–Crippen LogP) is 5.27. The molecule has 2 aliphatic rings. The Balaban J connectivity index is 1.49. The van der Waals surface area contributed by atoms with Gasteiger partial charge in [-0.3, -0.25) is 14.6 Å². The third kappa shape index (κ3) is 10.3. The van der Waals surface area contributed by atoms with Crippen LogP contribution < -0.4 is 0 Å². The van der Waals surface area contributed by atoms with Gasteiger partial charge in [0.05, 0.1) is 54.3 Å². The van der Waals surface area contributed by atoms with Gasteiger partial charge >= 0.3 is 11.9 Å². The molecule has 11 heteroatoms. The van der Waals surface area contributed by atoms with Crippen molar-refractivity contribution in [2.45, 2.75) is 104 Å². The van der Waals surface area contributed by atoms with Gasteiger partial charge in [0.25, 0.3) is 0 Å². The number of carbonyl (C=O) groups excluding carboxylic acids is 2. The number of esters is 2. The number of hydrogen-bond donors (Lipinski definition) is 2. The molecular weight excluding hydrogens is 598 g/mol. The fraction of sp³-hybridized carbons (Fsp3) is 0.611. The summed E-state index contributed by atoms with van der Waals surface area (Å²) in [5.74, 6) is -1.23. The SMILES string of the molecule is C[C@@H]1C[C@H](C)C[C@H](C)[C@@H](O)CC(=O)O[C@H]([C@@H]2CCC[C@H]2C(=O)OCc2cn(-c3cccnc3)nn2)C/C=C/C=C(/C#N)[C@H](O)[C@@H](C)C1. The number of aromatic nitrogens is 4. The lowest BCUT2D eigenvalue weighted by molar-refractivity contribution is -0.161. The molecule has 0 bridgehead atoms. The van der Waals surface area contributed by atoms with Gasteiger partial charge in [-0.15, -0.1) is 5.10 Å². The van der Waals surface area contributed by atoms with Gasteiger partial charge in [-0.1, -0.05) is 51.5 Å². The maximum atomic E-state index is 13.4. The molecule has 0 radical (unpaired) electrons. The molecule has 2 N–H and O–H groups in total. The number of nitrogens with zero attached hydrogens (tertiary/aromatic N) is 5. The smallest absolute Gasteiger partial charge is 0.309 e. The minimum absolute atomic E-state index is 0.0452. The molecule has 1 saturated carbocycles. The van der Waals surface area contributed by atoms with Crippen molar-refractivity contribution < 1.29 is 29.3 Å². The van der Waals surface area contributed by atoms with E-state index in [-0.39, 0.29) is 42.3 Å². The molecule has 0 amide bonds. The third-order valence-corrected chi connectivity index (χ3v) is 9.60. The van der Waals surface area contributed by atoms with Gasteiger partial charge in [0.1, 0.15) is 18.4 Å². The number of rotatable bonds is 5. The molecule has 2 aromatic heterocycles. The quantitative estimate of drug-likeness (QED) is 0.409. The molecule has 0 spiro atoms. The summed E-state index contributed by atoms with van der Waals surface area (Å²) in [6.45, 7) is 8.15. The maximum absolute atomic E-state index is 13.4. The van der Waals surface area contributed by atoms with Gasteiger partial charge in [0, 0.05) is 18.5 Å². The number of ether oxygens (including phenoxy) is 2. The zero-order chi connectivity index (χ0) is 33.9. The zero-order valence-electron chi connectivity index (χ0n) is 27.9. The normalized spacial score (nSPS) is 33.3. The summed E-state index contributed by atoms with van der Waals surface area (Å²) in [4.78, 5) is 30.6. The first-order chi connectivity index (χ1) is 22.5. The minimum Gasteiger partial charge on any atom is -0.462 e. The van der Waals surface area contributed by atoms with Crippen molar-refractivity contribution in [1.82, 2.24) is 20.0 Å². The molecule has 0 saturated heterocycles. The number of hydrogen-bond acceptors (Lipinski definition) is 10. The molecule has 1 aliphatic carbocycles. The van der Waals surface area contributed by atoms with Crippen LogP contribution in [-0.2, 0) is 25.7 Å². The molecule has 1 aliphatic heterocycles. The van der Waals surface area contributed by atoms with E-state index in [1.165, 1.54) is 0 Å². The topological polar surface area (TPSA) is 160 Å². The van der Waals surface area contributed by atoms with E-state index >= 15 is 0 Å². The molecule has 0 unspecified atom stereocenters. The fourth-order valence-corrected chi connectivity index (χ4v) is 7.19. The van der Waals surface area contributed by atoms with E-state index in [4.69, 9.17) is 9.47 Å². The van der Waals surface area contributed by atoms with Crippen molar-refractivity contribution in [1.29, 1.82) is 5.26 Å². The highest BCUT2D eigenvalue weighted by Gasteiger charge is 2.41. The molecule has 11 nitrogen and oxygen atoms in total. The second-order valence-corrected chi connectivity index (χ2v) is 13.7. The first-order valence-corrected chi connectivity index (χ1v) is 16.9. The Bertz CT molecular complexity index is 1420. The van der Waals surface area contributed by atoms with Crippen LogP contribution in [0.15, 0.2) is 54.5 Å². The van der Waals surface area contributed by atoms with Crippen LogP contribution in [0.25, 0.3) is 5.69 Å². The van der Waals surface area contributed by atoms with Crippen molar-refractivity contribution in [2.24, 2.45) is 35.5 Å². The third-order valence-electron chi connectivity index (χ3n) is 9.60. The highest BCUT2D eigenvalue weighted by atomic mass is 16.5. The maximum Gasteiger partial charge on any atom is 0.309 e. The largest absolute Gasteiger partial charge is 0.462 e. The zero-order valence-corrected chi connectivity index (χ0v) is 27.9. The number of pyridine rings is 1. The summed E-state index contributed by atoms with van der Waals surface area (Å²) in [6, 6.07) is 5.78. The van der Waals surface area contributed by atoms with Gasteiger partial charge in [-0.2, -0.15) is 5.26 Å². The minimum atomic E-state index is -0.893. The summed E-state index contributed by atoms with van der Waals surface area (Å²) in [5.41, 5.74) is 1.51. The van der Waals surface area contributed by atoms with Crippen LogP contribution >= 0.6 is 0 Å². The Kier molecular flexibility index (Phi) is 13.3. The predicted molar refractivity (Wildman–Crippen MR) is 174 cm³/mol. The second-order valence-electron chi connectivity index (χ2n) is 13.7. The van der Waals surface area contributed by atoms with Crippen molar-refractivity contribution in [3.05, 3.63) is 60.2 Å². The average molecular weight is 648 g/mol. The van der Waals surface area contributed by atoms with E-state index in [1.54, 1.807) is 47.6 Å². The van der Waals surface area contributed by atoms with Crippen molar-refractivity contribution in [3.8, 4) is 11.8 Å². The molecule has 4 rings (SSSR count). The first kappa shape index (κ1) is 36.0. The monoisotopic (exact) mass is 647 g/mol. The van der Waals surface area contributed by atoms with E-state index in [2.05, 4.69) is 35.2 Å².